The smallest absolute Gasteiger partial charge is 0.254 e. The van der Waals surface area contributed by atoms with E-state index in [1.165, 1.54) is 7.11 Å². The topological polar surface area (TPSA) is 74.2 Å². The molecule has 136 valence electrons. The van der Waals surface area contributed by atoms with Crippen LogP contribution in [0, 0.1) is 18.6 Å². The van der Waals surface area contributed by atoms with Gasteiger partial charge >= 0.3 is 0 Å². The van der Waals surface area contributed by atoms with Crippen LogP contribution in [-0.2, 0) is 0 Å². The predicted octanol–water partition coefficient (Wildman–Crippen LogP) is 4.65. The standard InChI is InChI=1S/C19H13F2N3O3/c1-10-16(17(24-27-10)11-6-4-3-5-7-11)19-23-22-18(26-19)12-8-13(20)14(21)9-15(12)25-2/h3-9H,1-2H3. The van der Waals surface area contributed by atoms with Crippen LogP contribution in [0.3, 0.4) is 0 Å². The maximum absolute atomic E-state index is 13.7. The fourth-order valence-corrected chi connectivity index (χ4v) is 2.71. The number of ether oxygens (including phenoxy) is 1. The summed E-state index contributed by atoms with van der Waals surface area (Å²) in [5.41, 5.74) is 2.03. The number of hydrogen-bond donors (Lipinski definition) is 0. The summed E-state index contributed by atoms with van der Waals surface area (Å²) in [6.07, 6.45) is 0. The van der Waals surface area contributed by atoms with Gasteiger partial charge < -0.3 is 13.7 Å². The average Bonchev–Trinajstić information content (AvgIpc) is 3.30. The van der Waals surface area contributed by atoms with Crippen molar-refractivity contribution in [1.29, 1.82) is 0 Å². The van der Waals surface area contributed by atoms with Gasteiger partial charge in [0.1, 0.15) is 22.8 Å². The third-order valence-electron chi connectivity index (χ3n) is 4.02. The second-order valence-corrected chi connectivity index (χ2v) is 5.71. The first-order valence-electron chi connectivity index (χ1n) is 7.97. The van der Waals surface area contributed by atoms with E-state index >= 15 is 0 Å². The number of rotatable bonds is 4. The quantitative estimate of drug-likeness (QED) is 0.521. The number of halogens is 2. The number of nitrogens with zero attached hydrogens (tertiary/aromatic N) is 3. The van der Waals surface area contributed by atoms with Gasteiger partial charge in [-0.15, -0.1) is 10.2 Å². The zero-order chi connectivity index (χ0) is 19.0. The van der Waals surface area contributed by atoms with Gasteiger partial charge in [-0.3, -0.25) is 0 Å². The molecule has 0 aliphatic rings. The molecule has 8 heteroatoms. The third kappa shape index (κ3) is 2.95. The highest BCUT2D eigenvalue weighted by Gasteiger charge is 2.24. The largest absolute Gasteiger partial charge is 0.496 e. The molecular formula is C19H13F2N3O3. The lowest BCUT2D eigenvalue weighted by molar-refractivity contribution is 0.399. The Labute approximate surface area is 152 Å². The molecule has 0 spiro atoms. The monoisotopic (exact) mass is 369 g/mol. The van der Waals surface area contributed by atoms with Crippen molar-refractivity contribution in [2.75, 3.05) is 7.11 Å². The molecule has 0 saturated carbocycles. The molecule has 2 aromatic carbocycles. The Balaban J connectivity index is 1.82. The van der Waals surface area contributed by atoms with Crippen LogP contribution >= 0.6 is 0 Å². The van der Waals surface area contributed by atoms with Crippen molar-refractivity contribution < 1.29 is 22.5 Å². The highest BCUT2D eigenvalue weighted by Crippen LogP contribution is 2.37. The molecule has 0 amide bonds. The number of aromatic nitrogens is 3. The highest BCUT2D eigenvalue weighted by atomic mass is 19.2. The molecule has 0 aliphatic heterocycles. The normalized spacial score (nSPS) is 11.0. The molecule has 6 nitrogen and oxygen atoms in total. The third-order valence-corrected chi connectivity index (χ3v) is 4.02. The van der Waals surface area contributed by atoms with Crippen LogP contribution in [0.2, 0.25) is 0 Å². The van der Waals surface area contributed by atoms with E-state index in [-0.39, 0.29) is 23.1 Å². The first kappa shape index (κ1) is 16.9. The SMILES string of the molecule is COc1cc(F)c(F)cc1-c1nnc(-c2c(-c3ccccc3)noc2C)o1. The van der Waals surface area contributed by atoms with E-state index < -0.39 is 11.6 Å². The summed E-state index contributed by atoms with van der Waals surface area (Å²) in [5.74, 6) is -1.38. The van der Waals surface area contributed by atoms with Crippen LogP contribution in [0.1, 0.15) is 5.76 Å². The van der Waals surface area contributed by atoms with Gasteiger partial charge in [0.25, 0.3) is 11.8 Å². The fraction of sp³-hybridized carbons (Fsp3) is 0.105. The molecule has 2 heterocycles. The van der Waals surface area contributed by atoms with E-state index in [0.717, 1.165) is 17.7 Å². The Morgan fingerprint density at radius 3 is 2.41 bits per heavy atom. The van der Waals surface area contributed by atoms with Gasteiger partial charge in [0.2, 0.25) is 0 Å². The van der Waals surface area contributed by atoms with Crippen LogP contribution in [0.15, 0.2) is 51.4 Å². The predicted molar refractivity (Wildman–Crippen MR) is 91.9 cm³/mol. The minimum Gasteiger partial charge on any atom is -0.496 e. The van der Waals surface area contributed by atoms with Crippen molar-refractivity contribution >= 4 is 0 Å². The molecule has 4 rings (SSSR count). The van der Waals surface area contributed by atoms with Gasteiger partial charge in [0.05, 0.1) is 12.7 Å². The summed E-state index contributed by atoms with van der Waals surface area (Å²) >= 11 is 0. The van der Waals surface area contributed by atoms with Crippen LogP contribution in [0.25, 0.3) is 34.2 Å². The van der Waals surface area contributed by atoms with Crippen molar-refractivity contribution in [3.8, 4) is 39.9 Å². The number of hydrogen-bond acceptors (Lipinski definition) is 6. The van der Waals surface area contributed by atoms with Crippen LogP contribution < -0.4 is 4.74 Å². The number of methoxy groups -OCH3 is 1. The highest BCUT2D eigenvalue weighted by molar-refractivity contribution is 5.78. The second-order valence-electron chi connectivity index (χ2n) is 5.71. The average molecular weight is 369 g/mol. The molecule has 0 aliphatic carbocycles. The molecule has 0 saturated heterocycles. The molecule has 0 bridgehead atoms. The van der Waals surface area contributed by atoms with Gasteiger partial charge in [-0.25, -0.2) is 8.78 Å². The van der Waals surface area contributed by atoms with Crippen molar-refractivity contribution in [3.63, 3.8) is 0 Å². The minimum absolute atomic E-state index is 0.0136. The van der Waals surface area contributed by atoms with Gasteiger partial charge in [-0.1, -0.05) is 35.5 Å². The molecule has 0 N–H and O–H groups in total. The first-order chi connectivity index (χ1) is 13.1. The molecule has 27 heavy (non-hydrogen) atoms. The van der Waals surface area contributed by atoms with Crippen molar-refractivity contribution in [2.24, 2.45) is 0 Å². The first-order valence-corrected chi connectivity index (χ1v) is 7.97. The number of aryl methyl sites for hydroxylation is 1. The Bertz CT molecular complexity index is 1110. The maximum Gasteiger partial charge on any atom is 0.254 e. The summed E-state index contributed by atoms with van der Waals surface area (Å²) in [7, 11) is 1.34. The zero-order valence-electron chi connectivity index (χ0n) is 14.4. The van der Waals surface area contributed by atoms with E-state index in [4.69, 9.17) is 13.7 Å². The molecule has 0 radical (unpaired) electrons. The lowest BCUT2D eigenvalue weighted by Gasteiger charge is -2.05. The van der Waals surface area contributed by atoms with E-state index in [0.29, 0.717) is 17.0 Å². The van der Waals surface area contributed by atoms with Gasteiger partial charge in [0.15, 0.2) is 11.6 Å². The molecule has 0 fully saturated rings. The summed E-state index contributed by atoms with van der Waals surface area (Å²) in [5, 5.41) is 12.0. The lowest BCUT2D eigenvalue weighted by Crippen LogP contribution is -1.93. The Morgan fingerprint density at radius 2 is 1.67 bits per heavy atom. The Hall–Kier alpha value is -3.55. The molecule has 4 aromatic rings. The summed E-state index contributed by atoms with van der Waals surface area (Å²) in [6.45, 7) is 1.72. The lowest BCUT2D eigenvalue weighted by atomic mass is 10.1. The van der Waals surface area contributed by atoms with Crippen molar-refractivity contribution in [3.05, 3.63) is 59.9 Å². The fourth-order valence-electron chi connectivity index (χ4n) is 2.71. The van der Waals surface area contributed by atoms with Gasteiger partial charge in [-0.05, 0) is 13.0 Å². The van der Waals surface area contributed by atoms with Gasteiger partial charge in [0, 0.05) is 11.6 Å². The van der Waals surface area contributed by atoms with Crippen molar-refractivity contribution in [2.45, 2.75) is 6.92 Å². The van der Waals surface area contributed by atoms with E-state index in [1.807, 2.05) is 30.3 Å². The second kappa shape index (κ2) is 6.64. The summed E-state index contributed by atoms with van der Waals surface area (Å²) in [4.78, 5) is 0. The number of benzene rings is 2. The summed E-state index contributed by atoms with van der Waals surface area (Å²) < 4.78 is 43.2. The van der Waals surface area contributed by atoms with E-state index in [1.54, 1.807) is 6.92 Å². The molecular weight excluding hydrogens is 356 g/mol. The minimum atomic E-state index is -1.04. The molecule has 2 aromatic heterocycles. The van der Waals surface area contributed by atoms with Crippen LogP contribution in [0.5, 0.6) is 5.75 Å². The summed E-state index contributed by atoms with van der Waals surface area (Å²) in [6, 6.07) is 11.2. The van der Waals surface area contributed by atoms with E-state index in [9.17, 15) is 8.78 Å². The Kier molecular flexibility index (Phi) is 4.15. The van der Waals surface area contributed by atoms with Crippen molar-refractivity contribution in [1.82, 2.24) is 15.4 Å². The molecule has 0 atom stereocenters. The Morgan fingerprint density at radius 1 is 0.963 bits per heavy atom. The molecule has 0 unspecified atom stereocenters. The maximum atomic E-state index is 13.7. The van der Waals surface area contributed by atoms with Crippen LogP contribution in [-0.4, -0.2) is 22.5 Å². The van der Waals surface area contributed by atoms with Crippen LogP contribution in [0.4, 0.5) is 8.78 Å². The van der Waals surface area contributed by atoms with E-state index in [2.05, 4.69) is 15.4 Å². The zero-order valence-corrected chi connectivity index (χ0v) is 14.4. The van der Waals surface area contributed by atoms with Gasteiger partial charge in [-0.2, -0.15) is 0 Å².